The van der Waals surface area contributed by atoms with E-state index in [9.17, 15) is 23.2 Å². The van der Waals surface area contributed by atoms with Crippen molar-refractivity contribution in [2.24, 2.45) is 0 Å². The Labute approximate surface area is 333 Å². The lowest BCUT2D eigenvalue weighted by molar-refractivity contribution is 0.0975. The highest BCUT2D eigenvalue weighted by Gasteiger charge is 2.26. The zero-order chi connectivity index (χ0) is 39.9. The van der Waals surface area contributed by atoms with Crippen molar-refractivity contribution >= 4 is 65.7 Å². The summed E-state index contributed by atoms with van der Waals surface area (Å²) in [6.07, 6.45) is 4.67. The second-order valence-electron chi connectivity index (χ2n) is 13.6. The van der Waals surface area contributed by atoms with Gasteiger partial charge in [0, 0.05) is 31.0 Å². The number of nitrogens with zero attached hydrogens (tertiary/aromatic N) is 5. The van der Waals surface area contributed by atoms with E-state index < -0.39 is 15.9 Å². The number of rotatable bonds is 15. The van der Waals surface area contributed by atoms with Crippen molar-refractivity contribution in [2.75, 3.05) is 54.8 Å². The molecule has 1 atom stereocenters. The van der Waals surface area contributed by atoms with E-state index in [4.69, 9.17) is 4.74 Å². The van der Waals surface area contributed by atoms with E-state index in [0.717, 1.165) is 27.9 Å². The Kier molecular flexibility index (Phi) is 11.9. The van der Waals surface area contributed by atoms with E-state index in [1.807, 2.05) is 66.4 Å². The first kappa shape index (κ1) is 39.1. The molecule has 0 unspecified atom stereocenters. The lowest BCUT2D eigenvalue weighted by atomic mass is 9.94. The van der Waals surface area contributed by atoms with E-state index in [1.54, 1.807) is 36.7 Å². The highest BCUT2D eigenvalue weighted by molar-refractivity contribution is 7.90. The van der Waals surface area contributed by atoms with Gasteiger partial charge in [-0.15, -0.1) is 0 Å². The topological polar surface area (TPSA) is 191 Å². The maximum atomic E-state index is 13.5. The molecule has 5 N–H and O–H groups in total. The van der Waals surface area contributed by atoms with Crippen molar-refractivity contribution in [1.82, 2.24) is 24.6 Å². The average Bonchev–Trinajstić information content (AvgIpc) is 3.64. The average molecular weight is 808 g/mol. The molecule has 3 aromatic heterocycles. The van der Waals surface area contributed by atoms with Crippen molar-refractivity contribution in [3.63, 3.8) is 0 Å². The Hall–Kier alpha value is -6.14. The molecule has 6 aromatic rings. The van der Waals surface area contributed by atoms with E-state index in [1.165, 1.54) is 35.6 Å². The summed E-state index contributed by atoms with van der Waals surface area (Å²) in [7, 11) is -0.469. The molecule has 0 bridgehead atoms. The van der Waals surface area contributed by atoms with Gasteiger partial charge in [-0.2, -0.15) is 0 Å². The molecular weight excluding hydrogens is 767 g/mol. The predicted octanol–water partition coefficient (Wildman–Crippen LogP) is 5.63. The molecule has 4 heterocycles. The number of hydrogen-bond donors (Lipinski definition) is 5. The molecule has 0 fully saturated rings. The largest absolute Gasteiger partial charge is 0.491 e. The van der Waals surface area contributed by atoms with Gasteiger partial charge in [0.25, 0.3) is 21.8 Å². The van der Waals surface area contributed by atoms with Gasteiger partial charge in [0.2, 0.25) is 0 Å². The number of para-hydroxylation sites is 1. The number of thiazole rings is 1. The summed E-state index contributed by atoms with van der Waals surface area (Å²) in [5.41, 5.74) is 5.59. The number of aromatic nitrogens is 3. The van der Waals surface area contributed by atoms with Crippen LogP contribution in [-0.2, 0) is 23.0 Å². The minimum Gasteiger partial charge on any atom is -0.491 e. The molecule has 2 amide bonds. The highest BCUT2D eigenvalue weighted by Crippen LogP contribution is 2.30. The van der Waals surface area contributed by atoms with Crippen LogP contribution in [0.5, 0.6) is 5.75 Å². The van der Waals surface area contributed by atoms with Crippen molar-refractivity contribution in [3.8, 4) is 5.75 Å². The van der Waals surface area contributed by atoms with Gasteiger partial charge < -0.3 is 19.9 Å². The molecule has 0 saturated carbocycles. The number of benzene rings is 3. The number of fused-ring (bicyclic) bond motifs is 2. The van der Waals surface area contributed by atoms with Crippen LogP contribution in [0.3, 0.4) is 0 Å². The first-order chi connectivity index (χ1) is 27.6. The number of carbonyl (C=O) groups is 2. The van der Waals surface area contributed by atoms with E-state index in [0.29, 0.717) is 60.5 Å². The Morgan fingerprint density at radius 2 is 1.79 bits per heavy atom. The van der Waals surface area contributed by atoms with Crippen LogP contribution in [0.4, 0.5) is 22.3 Å². The molecule has 7 rings (SSSR count). The molecule has 294 valence electrons. The monoisotopic (exact) mass is 807 g/mol. The van der Waals surface area contributed by atoms with Gasteiger partial charge in [-0.1, -0.05) is 47.7 Å². The van der Waals surface area contributed by atoms with Crippen LogP contribution in [0.15, 0.2) is 108 Å². The number of sulfonamides is 1. The van der Waals surface area contributed by atoms with E-state index in [2.05, 4.69) is 35.8 Å². The molecule has 15 nitrogen and oxygen atoms in total. The minimum absolute atomic E-state index is 0.0934. The molecular formula is C40H41N9O6S2. The number of carbonyl (C=O) groups excluding carboxylic acids is 2. The van der Waals surface area contributed by atoms with Gasteiger partial charge in [0.15, 0.2) is 5.13 Å². The standard InChI is InChI=1S/C40H41N9O6S2/c1-48(2)20-18-27(25-55-28-9-4-3-5-10-28)42-32-15-14-29(22-35(32)46-52)57(53,54)47-39(51)34-12-7-13-37(43-34)49-21-17-26-8-6-11-30(31(26)24-49)38(50)45-40-44-33-16-19-41-23-36(33)56-40/h3-16,19,22-23,27,42,46,52H,17-18,20-21,24-25H2,1-2H3,(H,47,51)(H,44,45,50)/t27-/m1/s1. The molecule has 3 aromatic carbocycles. The molecule has 0 spiro atoms. The SMILES string of the molecule is CN(C)CC[C@H](COc1ccccc1)Nc1ccc(S(=O)(=O)NC(=O)c2cccc(N3CCc4cccc(C(=O)Nc5nc6ccncc6s5)c4C3)n2)cc1NO. The van der Waals surface area contributed by atoms with Crippen LogP contribution in [0.2, 0.25) is 0 Å². The van der Waals surface area contributed by atoms with Crippen molar-refractivity contribution < 1.29 is 28.0 Å². The molecule has 57 heavy (non-hydrogen) atoms. The first-order valence-electron chi connectivity index (χ1n) is 18.1. The van der Waals surface area contributed by atoms with Crippen molar-refractivity contribution in [1.29, 1.82) is 0 Å². The lowest BCUT2D eigenvalue weighted by Crippen LogP contribution is -2.34. The summed E-state index contributed by atoms with van der Waals surface area (Å²) >= 11 is 1.34. The maximum absolute atomic E-state index is 13.5. The second-order valence-corrected chi connectivity index (χ2v) is 16.3. The third-order valence-electron chi connectivity index (χ3n) is 9.35. The number of pyridine rings is 2. The summed E-state index contributed by atoms with van der Waals surface area (Å²) in [4.78, 5) is 43.8. The Morgan fingerprint density at radius 1 is 0.965 bits per heavy atom. The number of amides is 2. The van der Waals surface area contributed by atoms with Crippen LogP contribution >= 0.6 is 11.3 Å². The number of nitrogens with one attached hydrogen (secondary N) is 4. The fourth-order valence-corrected chi connectivity index (χ4v) is 8.21. The van der Waals surface area contributed by atoms with Crippen molar-refractivity contribution in [2.45, 2.75) is 30.3 Å². The summed E-state index contributed by atoms with van der Waals surface area (Å²) in [6, 6.07) is 25.5. The summed E-state index contributed by atoms with van der Waals surface area (Å²) in [5, 5.41) is 16.7. The normalized spacial score (nSPS) is 13.2. The van der Waals surface area contributed by atoms with Crippen LogP contribution in [-0.4, -0.2) is 85.1 Å². The Bertz CT molecular complexity index is 2470. The van der Waals surface area contributed by atoms with Gasteiger partial charge in [0.05, 0.1) is 32.5 Å². The quantitative estimate of drug-likeness (QED) is 0.0804. The predicted molar refractivity (Wildman–Crippen MR) is 220 cm³/mol. The molecule has 1 aliphatic heterocycles. The summed E-state index contributed by atoms with van der Waals surface area (Å²) < 4.78 is 35.9. The summed E-state index contributed by atoms with van der Waals surface area (Å²) in [5.74, 6) is -0.0662. The fourth-order valence-electron chi connectivity index (χ4n) is 6.40. The summed E-state index contributed by atoms with van der Waals surface area (Å²) in [6.45, 7) is 1.96. The minimum atomic E-state index is -4.40. The smallest absolute Gasteiger partial charge is 0.283 e. The highest BCUT2D eigenvalue weighted by atomic mass is 32.2. The van der Waals surface area contributed by atoms with Crippen LogP contribution in [0, 0.1) is 0 Å². The van der Waals surface area contributed by atoms with Gasteiger partial charge >= 0.3 is 0 Å². The van der Waals surface area contributed by atoms with E-state index >= 15 is 0 Å². The van der Waals surface area contributed by atoms with E-state index in [-0.39, 0.29) is 28.2 Å². The fraction of sp³-hybridized carbons (Fsp3) is 0.225. The molecule has 0 radical (unpaired) electrons. The Balaban J connectivity index is 1.03. The maximum Gasteiger partial charge on any atom is 0.283 e. The zero-order valence-corrected chi connectivity index (χ0v) is 32.8. The first-order valence-corrected chi connectivity index (χ1v) is 20.4. The molecule has 0 saturated heterocycles. The molecule has 1 aliphatic rings. The number of ether oxygens (including phenoxy) is 1. The molecule has 17 heteroatoms. The number of hydrogen-bond acceptors (Lipinski definition) is 14. The van der Waals surface area contributed by atoms with Gasteiger partial charge in [0.1, 0.15) is 23.9 Å². The lowest BCUT2D eigenvalue weighted by Gasteiger charge is -2.31. The third kappa shape index (κ3) is 9.46. The van der Waals surface area contributed by atoms with Crippen LogP contribution in [0.1, 0.15) is 38.4 Å². The van der Waals surface area contributed by atoms with Gasteiger partial charge in [-0.25, -0.2) is 23.1 Å². The van der Waals surface area contributed by atoms with Crippen molar-refractivity contribution in [3.05, 3.63) is 126 Å². The molecule has 0 aliphatic carbocycles. The van der Waals surface area contributed by atoms with Crippen LogP contribution < -0.4 is 30.5 Å². The second kappa shape index (κ2) is 17.3. The number of anilines is 4. The Morgan fingerprint density at radius 3 is 2.58 bits per heavy atom. The van der Waals surface area contributed by atoms with Gasteiger partial charge in [-0.3, -0.25) is 30.6 Å². The third-order valence-corrected chi connectivity index (χ3v) is 11.6. The van der Waals surface area contributed by atoms with Gasteiger partial charge in [-0.05, 0) is 99.2 Å². The zero-order valence-electron chi connectivity index (χ0n) is 31.2. The van der Waals surface area contributed by atoms with Crippen LogP contribution in [0.25, 0.3) is 10.2 Å².